The standard InChI is InChI=1S/C9H12N2O2/c10-9(13)11-6-8(12)7-4-2-1-3-5-7/h1-5,8,12H,6H2,(H3,10,11,13)/t8-/m0/s1. The lowest BCUT2D eigenvalue weighted by Gasteiger charge is -2.10. The van der Waals surface area contributed by atoms with Crippen molar-refractivity contribution in [3.8, 4) is 0 Å². The molecule has 0 bridgehead atoms. The number of urea groups is 1. The minimum atomic E-state index is -0.700. The molecule has 4 heteroatoms. The predicted molar refractivity (Wildman–Crippen MR) is 49.0 cm³/mol. The van der Waals surface area contributed by atoms with Crippen LogP contribution >= 0.6 is 0 Å². The van der Waals surface area contributed by atoms with E-state index in [1.807, 2.05) is 18.2 Å². The number of aliphatic hydroxyl groups is 1. The zero-order valence-electron chi connectivity index (χ0n) is 7.10. The smallest absolute Gasteiger partial charge is 0.312 e. The van der Waals surface area contributed by atoms with Crippen molar-refractivity contribution in [2.45, 2.75) is 6.10 Å². The number of carbonyl (C=O) groups excluding carboxylic acids is 1. The molecule has 0 fully saturated rings. The zero-order chi connectivity index (χ0) is 9.68. The fraction of sp³-hybridized carbons (Fsp3) is 0.222. The van der Waals surface area contributed by atoms with Gasteiger partial charge in [0.15, 0.2) is 0 Å². The molecule has 0 saturated carbocycles. The minimum Gasteiger partial charge on any atom is -0.387 e. The molecule has 0 aliphatic carbocycles. The van der Waals surface area contributed by atoms with Crippen LogP contribution in [0.25, 0.3) is 0 Å². The first-order chi connectivity index (χ1) is 6.20. The second-order valence-electron chi connectivity index (χ2n) is 2.67. The fourth-order valence-electron chi connectivity index (χ4n) is 0.990. The van der Waals surface area contributed by atoms with E-state index >= 15 is 0 Å². The van der Waals surface area contributed by atoms with E-state index in [9.17, 15) is 9.90 Å². The topological polar surface area (TPSA) is 75.4 Å². The fourth-order valence-corrected chi connectivity index (χ4v) is 0.990. The second-order valence-corrected chi connectivity index (χ2v) is 2.67. The van der Waals surface area contributed by atoms with E-state index in [0.29, 0.717) is 0 Å². The van der Waals surface area contributed by atoms with Crippen molar-refractivity contribution in [3.05, 3.63) is 35.9 Å². The third kappa shape index (κ3) is 3.13. The quantitative estimate of drug-likeness (QED) is 0.629. The Hall–Kier alpha value is -1.55. The summed E-state index contributed by atoms with van der Waals surface area (Å²) in [6, 6.07) is 8.44. The van der Waals surface area contributed by atoms with E-state index in [-0.39, 0.29) is 6.54 Å². The number of hydrogen-bond acceptors (Lipinski definition) is 2. The van der Waals surface area contributed by atoms with Crippen LogP contribution in [0.3, 0.4) is 0 Å². The molecular formula is C9H12N2O2. The number of benzene rings is 1. The average molecular weight is 180 g/mol. The van der Waals surface area contributed by atoms with E-state index in [1.54, 1.807) is 12.1 Å². The van der Waals surface area contributed by atoms with Crippen molar-refractivity contribution >= 4 is 6.03 Å². The Kier molecular flexibility index (Phi) is 3.28. The molecule has 1 aromatic carbocycles. The van der Waals surface area contributed by atoms with Gasteiger partial charge in [-0.2, -0.15) is 0 Å². The van der Waals surface area contributed by atoms with Crippen LogP contribution in [0, 0.1) is 0 Å². The van der Waals surface area contributed by atoms with Crippen LogP contribution in [0.2, 0.25) is 0 Å². The highest BCUT2D eigenvalue weighted by atomic mass is 16.3. The molecule has 0 aromatic heterocycles. The Bertz CT molecular complexity index is 274. The Labute approximate surface area is 76.4 Å². The van der Waals surface area contributed by atoms with Crippen molar-refractivity contribution in [1.29, 1.82) is 0 Å². The number of hydrogen-bond donors (Lipinski definition) is 3. The molecule has 0 radical (unpaired) electrons. The van der Waals surface area contributed by atoms with Gasteiger partial charge in [-0.15, -0.1) is 0 Å². The molecule has 70 valence electrons. The summed E-state index contributed by atoms with van der Waals surface area (Å²) >= 11 is 0. The molecule has 2 amide bonds. The summed E-state index contributed by atoms with van der Waals surface area (Å²) in [5, 5.41) is 11.8. The van der Waals surface area contributed by atoms with E-state index < -0.39 is 12.1 Å². The van der Waals surface area contributed by atoms with E-state index in [0.717, 1.165) is 5.56 Å². The third-order valence-corrected chi connectivity index (χ3v) is 1.65. The molecule has 0 heterocycles. The number of rotatable bonds is 3. The molecule has 0 aliphatic rings. The van der Waals surface area contributed by atoms with Gasteiger partial charge in [-0.25, -0.2) is 4.79 Å². The Morgan fingerprint density at radius 1 is 1.46 bits per heavy atom. The summed E-state index contributed by atoms with van der Waals surface area (Å²) in [6.07, 6.45) is -0.700. The lowest BCUT2D eigenvalue weighted by atomic mass is 10.1. The van der Waals surface area contributed by atoms with Gasteiger partial charge >= 0.3 is 6.03 Å². The average Bonchev–Trinajstić information content (AvgIpc) is 2.15. The largest absolute Gasteiger partial charge is 0.387 e. The maximum Gasteiger partial charge on any atom is 0.312 e. The SMILES string of the molecule is NC(=O)NC[C@H](O)c1ccccc1. The Morgan fingerprint density at radius 3 is 2.62 bits per heavy atom. The van der Waals surface area contributed by atoms with Crippen molar-refractivity contribution < 1.29 is 9.90 Å². The van der Waals surface area contributed by atoms with Crippen LogP contribution in [0.5, 0.6) is 0 Å². The summed E-state index contributed by atoms with van der Waals surface area (Å²) in [6.45, 7) is 0.138. The summed E-state index contributed by atoms with van der Waals surface area (Å²) in [5.41, 5.74) is 5.62. The molecule has 1 aromatic rings. The van der Waals surface area contributed by atoms with Gasteiger partial charge in [0, 0.05) is 6.54 Å². The van der Waals surface area contributed by atoms with Crippen molar-refractivity contribution in [2.24, 2.45) is 5.73 Å². The highest BCUT2D eigenvalue weighted by Crippen LogP contribution is 2.09. The lowest BCUT2D eigenvalue weighted by molar-refractivity contribution is 0.174. The van der Waals surface area contributed by atoms with Crippen molar-refractivity contribution in [2.75, 3.05) is 6.54 Å². The summed E-state index contributed by atoms with van der Waals surface area (Å²) in [5.74, 6) is 0. The van der Waals surface area contributed by atoms with Crippen molar-refractivity contribution in [1.82, 2.24) is 5.32 Å². The number of primary amides is 1. The van der Waals surface area contributed by atoms with Gasteiger partial charge in [-0.05, 0) is 5.56 Å². The van der Waals surface area contributed by atoms with Gasteiger partial charge in [0.2, 0.25) is 0 Å². The lowest BCUT2D eigenvalue weighted by Crippen LogP contribution is -2.32. The zero-order valence-corrected chi connectivity index (χ0v) is 7.10. The van der Waals surface area contributed by atoms with Gasteiger partial charge in [0.25, 0.3) is 0 Å². The first-order valence-corrected chi connectivity index (χ1v) is 3.96. The van der Waals surface area contributed by atoms with E-state index in [1.165, 1.54) is 0 Å². The van der Waals surface area contributed by atoms with Crippen LogP contribution in [0.4, 0.5) is 4.79 Å². The number of nitrogens with two attached hydrogens (primary N) is 1. The molecule has 4 nitrogen and oxygen atoms in total. The summed E-state index contributed by atoms with van der Waals surface area (Å²) < 4.78 is 0. The van der Waals surface area contributed by atoms with Crippen LogP contribution in [0.1, 0.15) is 11.7 Å². The van der Waals surface area contributed by atoms with Gasteiger partial charge in [0.05, 0.1) is 6.10 Å². The molecule has 0 unspecified atom stereocenters. The van der Waals surface area contributed by atoms with Crippen molar-refractivity contribution in [3.63, 3.8) is 0 Å². The highest BCUT2D eigenvalue weighted by Gasteiger charge is 2.06. The molecule has 0 aliphatic heterocycles. The van der Waals surface area contributed by atoms with Crippen LogP contribution in [-0.4, -0.2) is 17.7 Å². The number of carbonyl (C=O) groups is 1. The monoisotopic (exact) mass is 180 g/mol. The summed E-state index contributed by atoms with van der Waals surface area (Å²) in [4.78, 5) is 10.3. The van der Waals surface area contributed by atoms with Crippen LogP contribution in [-0.2, 0) is 0 Å². The molecule has 1 atom stereocenters. The Balaban J connectivity index is 2.49. The Morgan fingerprint density at radius 2 is 2.08 bits per heavy atom. The molecule has 0 spiro atoms. The maximum absolute atomic E-state index is 10.3. The van der Waals surface area contributed by atoms with Gasteiger partial charge in [-0.3, -0.25) is 0 Å². The van der Waals surface area contributed by atoms with Gasteiger partial charge in [-0.1, -0.05) is 30.3 Å². The highest BCUT2D eigenvalue weighted by molar-refractivity contribution is 5.71. The molecule has 0 saturated heterocycles. The van der Waals surface area contributed by atoms with Crippen LogP contribution < -0.4 is 11.1 Å². The molecule has 4 N–H and O–H groups in total. The maximum atomic E-state index is 10.3. The van der Waals surface area contributed by atoms with Crippen LogP contribution in [0.15, 0.2) is 30.3 Å². The minimum absolute atomic E-state index is 0.138. The normalized spacial score (nSPS) is 12.1. The first-order valence-electron chi connectivity index (χ1n) is 3.96. The molecule has 13 heavy (non-hydrogen) atoms. The predicted octanol–water partition coefficient (Wildman–Crippen LogP) is 0.388. The summed E-state index contributed by atoms with van der Waals surface area (Å²) in [7, 11) is 0. The number of nitrogens with one attached hydrogen (secondary N) is 1. The second kappa shape index (κ2) is 4.47. The first kappa shape index (κ1) is 9.54. The molecular weight excluding hydrogens is 168 g/mol. The van der Waals surface area contributed by atoms with E-state index in [4.69, 9.17) is 5.73 Å². The number of amides is 2. The van der Waals surface area contributed by atoms with E-state index in [2.05, 4.69) is 5.32 Å². The van der Waals surface area contributed by atoms with Gasteiger partial charge < -0.3 is 16.2 Å². The number of aliphatic hydroxyl groups excluding tert-OH is 1. The van der Waals surface area contributed by atoms with Gasteiger partial charge in [0.1, 0.15) is 0 Å². The third-order valence-electron chi connectivity index (χ3n) is 1.65. The molecule has 1 rings (SSSR count).